The Morgan fingerprint density at radius 3 is 2.36 bits per heavy atom. The Morgan fingerprint density at radius 1 is 1.64 bits per heavy atom. The van der Waals surface area contributed by atoms with E-state index in [-0.39, 0.29) is 5.75 Å². The fraction of sp³-hybridized carbons (Fsp3) is 0.800. The summed E-state index contributed by atoms with van der Waals surface area (Å²) >= 11 is 5.03. The normalized spacial score (nSPS) is 14.5. The predicted octanol–water partition coefficient (Wildman–Crippen LogP) is 0.0796. The van der Waals surface area contributed by atoms with Crippen LogP contribution >= 0.6 is 11.6 Å². The molecule has 0 saturated carbocycles. The number of sulfonamides is 1. The van der Waals surface area contributed by atoms with E-state index >= 15 is 0 Å². The lowest BCUT2D eigenvalue weighted by Crippen LogP contribution is -2.37. The largest absolute Gasteiger partial charge is 0.279 e. The molecule has 0 rings (SSSR count). The number of carbonyl (C=O) groups is 1. The first-order chi connectivity index (χ1) is 4.89. The molecule has 1 N–H and O–H groups in total. The van der Waals surface area contributed by atoms with E-state index in [0.29, 0.717) is 0 Å². The van der Waals surface area contributed by atoms with Crippen molar-refractivity contribution in [1.82, 2.24) is 4.72 Å². The van der Waals surface area contributed by atoms with Gasteiger partial charge in [0, 0.05) is 0 Å². The van der Waals surface area contributed by atoms with E-state index in [0.717, 1.165) is 0 Å². The van der Waals surface area contributed by atoms with Crippen LogP contribution in [-0.2, 0) is 14.8 Å². The van der Waals surface area contributed by atoms with Crippen molar-refractivity contribution in [2.24, 2.45) is 0 Å². The van der Waals surface area contributed by atoms with Crippen LogP contribution in [0.25, 0.3) is 0 Å². The molecular formula is C5H10ClNO3S. The van der Waals surface area contributed by atoms with Gasteiger partial charge in [0.05, 0.1) is 11.8 Å². The van der Waals surface area contributed by atoms with Gasteiger partial charge in [0.25, 0.3) is 0 Å². The van der Waals surface area contributed by atoms with Crippen molar-refractivity contribution in [3.05, 3.63) is 0 Å². The van der Waals surface area contributed by atoms with Crippen molar-refractivity contribution in [2.45, 2.75) is 19.9 Å². The second kappa shape index (κ2) is 4.04. The van der Waals surface area contributed by atoms with E-state index in [4.69, 9.17) is 11.6 Å². The highest BCUT2D eigenvalue weighted by molar-refractivity contribution is 7.89. The maximum Gasteiger partial charge on any atom is 0.239 e. The molecule has 0 bridgehead atoms. The summed E-state index contributed by atoms with van der Waals surface area (Å²) in [4.78, 5) is 10.4. The van der Waals surface area contributed by atoms with Crippen LogP contribution in [0.15, 0.2) is 0 Å². The summed E-state index contributed by atoms with van der Waals surface area (Å²) in [6.07, 6.45) is 0. The van der Waals surface area contributed by atoms with Crippen molar-refractivity contribution < 1.29 is 13.2 Å². The second-order valence-electron chi connectivity index (χ2n) is 2.05. The molecule has 0 saturated heterocycles. The number of nitrogens with one attached hydrogen (secondary N) is 1. The minimum atomic E-state index is -3.32. The second-order valence-corrected chi connectivity index (χ2v) is 4.46. The summed E-state index contributed by atoms with van der Waals surface area (Å²) in [5, 5.41) is -0.706. The van der Waals surface area contributed by atoms with E-state index in [1.54, 1.807) is 0 Å². The fourth-order valence-corrected chi connectivity index (χ4v) is 1.33. The highest BCUT2D eigenvalue weighted by atomic mass is 35.5. The third-order valence-electron chi connectivity index (χ3n) is 1.08. The zero-order valence-corrected chi connectivity index (χ0v) is 7.87. The van der Waals surface area contributed by atoms with Crippen LogP contribution in [0.5, 0.6) is 0 Å². The molecule has 0 aliphatic heterocycles. The van der Waals surface area contributed by atoms with Crippen molar-refractivity contribution in [3.8, 4) is 0 Å². The molecule has 0 heterocycles. The molecule has 0 aliphatic rings. The van der Waals surface area contributed by atoms with Gasteiger partial charge < -0.3 is 0 Å². The maximum absolute atomic E-state index is 10.8. The minimum Gasteiger partial charge on any atom is -0.279 e. The van der Waals surface area contributed by atoms with E-state index in [1.807, 2.05) is 0 Å². The molecule has 1 atom stereocenters. The molecule has 1 unspecified atom stereocenters. The molecule has 66 valence electrons. The topological polar surface area (TPSA) is 63.2 Å². The van der Waals surface area contributed by atoms with Crippen LogP contribution in [-0.4, -0.2) is 25.5 Å². The molecule has 0 aromatic heterocycles. The van der Waals surface area contributed by atoms with E-state index < -0.39 is 21.3 Å². The molecule has 6 heteroatoms. The smallest absolute Gasteiger partial charge is 0.239 e. The summed E-state index contributed by atoms with van der Waals surface area (Å²) in [5.41, 5.74) is 0. The summed E-state index contributed by atoms with van der Waals surface area (Å²) in [5.74, 6) is -0.0541. The lowest BCUT2D eigenvalue weighted by Gasteiger charge is -2.07. The first-order valence-corrected chi connectivity index (χ1v) is 5.11. The lowest BCUT2D eigenvalue weighted by molar-refractivity contribution is -0.112. The van der Waals surface area contributed by atoms with Gasteiger partial charge in [0.1, 0.15) is 0 Å². The molecule has 0 aromatic rings. The molecule has 0 amide bonds. The van der Waals surface area contributed by atoms with Gasteiger partial charge in [-0.15, -0.1) is 0 Å². The molecular weight excluding hydrogens is 190 g/mol. The third kappa shape index (κ3) is 4.34. The van der Waals surface area contributed by atoms with Gasteiger partial charge in [-0.05, 0) is 25.4 Å². The lowest BCUT2D eigenvalue weighted by atomic mass is 10.4. The van der Waals surface area contributed by atoms with Gasteiger partial charge in [-0.1, -0.05) is 0 Å². The average molecular weight is 200 g/mol. The summed E-state index contributed by atoms with van der Waals surface area (Å²) in [7, 11) is -3.32. The maximum atomic E-state index is 10.8. The number of carbonyl (C=O) groups excluding carboxylic acids is 1. The minimum absolute atomic E-state index is 0.0541. The molecule has 0 fully saturated rings. The number of halogens is 1. The van der Waals surface area contributed by atoms with Crippen LogP contribution < -0.4 is 4.72 Å². The first-order valence-electron chi connectivity index (χ1n) is 3.08. The molecule has 0 radical (unpaired) electrons. The van der Waals surface area contributed by atoms with E-state index in [1.165, 1.54) is 13.8 Å². The Bertz CT molecular complexity index is 236. The Morgan fingerprint density at radius 2 is 2.09 bits per heavy atom. The van der Waals surface area contributed by atoms with Crippen LogP contribution in [0.2, 0.25) is 0 Å². The highest BCUT2D eigenvalue weighted by Gasteiger charge is 2.16. The molecule has 0 spiro atoms. The molecule has 0 aliphatic carbocycles. The van der Waals surface area contributed by atoms with Gasteiger partial charge in [0.2, 0.25) is 15.3 Å². The molecule has 11 heavy (non-hydrogen) atoms. The number of hydrogen-bond acceptors (Lipinski definition) is 3. The van der Waals surface area contributed by atoms with Crippen LogP contribution in [0.4, 0.5) is 0 Å². The van der Waals surface area contributed by atoms with Crippen molar-refractivity contribution >= 4 is 26.9 Å². The zero-order chi connectivity index (χ0) is 9.07. The van der Waals surface area contributed by atoms with Crippen molar-refractivity contribution in [2.75, 3.05) is 5.75 Å². The quantitative estimate of drug-likeness (QED) is 0.653. The Balaban J connectivity index is 4.16. The summed E-state index contributed by atoms with van der Waals surface area (Å²) in [6.45, 7) is 2.87. The number of rotatable bonds is 4. The highest BCUT2D eigenvalue weighted by Crippen LogP contribution is 1.93. The van der Waals surface area contributed by atoms with Gasteiger partial charge in [-0.25, -0.2) is 13.1 Å². The molecule has 0 aromatic carbocycles. The standard InChI is InChI=1S/C5H10ClNO3S/c1-3-11(9,10)7-4(2)5(6)8/h4,7H,3H2,1-2H3. The Labute approximate surface area is 71.0 Å². The van der Waals surface area contributed by atoms with Crippen molar-refractivity contribution in [3.63, 3.8) is 0 Å². The van der Waals surface area contributed by atoms with E-state index in [9.17, 15) is 13.2 Å². The Kier molecular flexibility index (Phi) is 3.99. The summed E-state index contributed by atoms with van der Waals surface area (Å²) in [6, 6.07) is -0.846. The summed E-state index contributed by atoms with van der Waals surface area (Å²) < 4.78 is 23.7. The predicted molar refractivity (Wildman–Crippen MR) is 42.9 cm³/mol. The zero-order valence-electron chi connectivity index (χ0n) is 6.30. The fourth-order valence-electron chi connectivity index (χ4n) is 0.399. The van der Waals surface area contributed by atoms with E-state index in [2.05, 4.69) is 4.72 Å². The van der Waals surface area contributed by atoms with Gasteiger partial charge in [-0.2, -0.15) is 0 Å². The van der Waals surface area contributed by atoms with Gasteiger partial charge >= 0.3 is 0 Å². The Hall–Kier alpha value is -0.130. The SMILES string of the molecule is CCS(=O)(=O)NC(C)C(=O)Cl. The monoisotopic (exact) mass is 199 g/mol. The third-order valence-corrected chi connectivity index (χ3v) is 2.88. The van der Waals surface area contributed by atoms with Crippen LogP contribution in [0.1, 0.15) is 13.8 Å². The van der Waals surface area contributed by atoms with Crippen molar-refractivity contribution in [1.29, 1.82) is 0 Å². The molecule has 4 nitrogen and oxygen atoms in total. The number of hydrogen-bond donors (Lipinski definition) is 1. The first kappa shape index (κ1) is 10.9. The van der Waals surface area contributed by atoms with Crippen LogP contribution in [0.3, 0.4) is 0 Å². The average Bonchev–Trinajstić information content (AvgIpc) is 1.87. The van der Waals surface area contributed by atoms with Crippen LogP contribution in [0, 0.1) is 0 Å². The van der Waals surface area contributed by atoms with Gasteiger partial charge in [0.15, 0.2) is 0 Å². The van der Waals surface area contributed by atoms with Gasteiger partial charge in [-0.3, -0.25) is 4.79 Å².